The lowest BCUT2D eigenvalue weighted by molar-refractivity contribution is 0.0742. The van der Waals surface area contributed by atoms with Gasteiger partial charge in [0.2, 0.25) is 0 Å². The fraction of sp³-hybridized carbons (Fsp3) is 0.500. The van der Waals surface area contributed by atoms with Crippen LogP contribution in [-0.4, -0.2) is 34.8 Å². The van der Waals surface area contributed by atoms with Gasteiger partial charge in [-0.15, -0.1) is 11.6 Å². The van der Waals surface area contributed by atoms with Crippen LogP contribution in [0, 0.1) is 11.7 Å². The lowest BCUT2D eigenvalue weighted by atomic mass is 9.84. The van der Waals surface area contributed by atoms with Crippen LogP contribution in [0.15, 0.2) is 18.5 Å². The molecule has 1 fully saturated rings. The molecule has 0 saturated heterocycles. The highest BCUT2D eigenvalue weighted by Crippen LogP contribution is 2.32. The summed E-state index contributed by atoms with van der Waals surface area (Å²) < 4.78 is 13.4. The summed E-state index contributed by atoms with van der Waals surface area (Å²) in [6.07, 6.45) is 4.33. The summed E-state index contributed by atoms with van der Waals surface area (Å²) in [5.74, 6) is -0.438. The first-order valence-electron chi connectivity index (χ1n) is 5.57. The average molecular weight is 257 g/mol. The van der Waals surface area contributed by atoms with Crippen molar-refractivity contribution >= 4 is 17.5 Å². The molecule has 0 radical (unpaired) electrons. The molecule has 0 unspecified atom stereocenters. The van der Waals surface area contributed by atoms with Gasteiger partial charge >= 0.3 is 0 Å². The van der Waals surface area contributed by atoms with Crippen LogP contribution in [-0.2, 0) is 0 Å². The quantitative estimate of drug-likeness (QED) is 0.778. The van der Waals surface area contributed by atoms with Crippen molar-refractivity contribution in [2.24, 2.45) is 5.92 Å². The van der Waals surface area contributed by atoms with Gasteiger partial charge in [-0.1, -0.05) is 0 Å². The molecule has 2 rings (SSSR count). The largest absolute Gasteiger partial charge is 0.341 e. The molecule has 1 saturated carbocycles. The van der Waals surface area contributed by atoms with E-state index in [0.29, 0.717) is 12.5 Å². The van der Waals surface area contributed by atoms with E-state index in [1.807, 2.05) is 0 Å². The number of alkyl halides is 1. The Morgan fingerprint density at radius 1 is 1.65 bits per heavy atom. The van der Waals surface area contributed by atoms with Crippen LogP contribution >= 0.6 is 11.6 Å². The van der Waals surface area contributed by atoms with E-state index in [1.165, 1.54) is 12.3 Å². The third kappa shape index (κ3) is 2.75. The van der Waals surface area contributed by atoms with Crippen molar-refractivity contribution in [3.8, 4) is 0 Å². The zero-order chi connectivity index (χ0) is 12.4. The first kappa shape index (κ1) is 12.3. The zero-order valence-electron chi connectivity index (χ0n) is 9.57. The van der Waals surface area contributed by atoms with E-state index in [0.717, 1.165) is 19.0 Å². The zero-order valence-corrected chi connectivity index (χ0v) is 10.3. The van der Waals surface area contributed by atoms with Crippen molar-refractivity contribution in [1.82, 2.24) is 9.88 Å². The first-order valence-corrected chi connectivity index (χ1v) is 6.00. The molecule has 0 bridgehead atoms. The molecule has 0 atom stereocenters. The second-order valence-corrected chi connectivity index (χ2v) is 5.09. The number of nitrogens with zero attached hydrogens (tertiary/aromatic N) is 2. The van der Waals surface area contributed by atoms with Crippen molar-refractivity contribution < 1.29 is 9.18 Å². The van der Waals surface area contributed by atoms with Gasteiger partial charge in [-0.3, -0.25) is 9.78 Å². The summed E-state index contributed by atoms with van der Waals surface area (Å²) in [6, 6.07) is 1.40. The third-order valence-corrected chi connectivity index (χ3v) is 3.42. The normalized spacial score (nSPS) is 23.0. The molecule has 92 valence electrons. The van der Waals surface area contributed by atoms with E-state index < -0.39 is 5.82 Å². The van der Waals surface area contributed by atoms with Gasteiger partial charge in [-0.25, -0.2) is 4.39 Å². The molecule has 0 aliphatic heterocycles. The van der Waals surface area contributed by atoms with Gasteiger partial charge in [-0.05, 0) is 24.8 Å². The monoisotopic (exact) mass is 256 g/mol. The molecule has 1 heterocycles. The number of hydrogen-bond acceptors (Lipinski definition) is 2. The summed E-state index contributed by atoms with van der Waals surface area (Å²) in [7, 11) is 1.68. The number of carbonyl (C=O) groups excluding carboxylic acids is 1. The summed E-state index contributed by atoms with van der Waals surface area (Å²) in [5.41, 5.74) is 0.0734. The number of carbonyl (C=O) groups is 1. The highest BCUT2D eigenvalue weighted by molar-refractivity contribution is 6.21. The maximum atomic E-state index is 13.4. The highest BCUT2D eigenvalue weighted by Gasteiger charge is 2.29. The number of aromatic nitrogens is 1. The second kappa shape index (κ2) is 5.00. The van der Waals surface area contributed by atoms with E-state index in [9.17, 15) is 9.18 Å². The highest BCUT2D eigenvalue weighted by atomic mass is 35.5. The Morgan fingerprint density at radius 2 is 2.35 bits per heavy atom. The minimum absolute atomic E-state index is 0.0734. The smallest absolute Gasteiger partial charge is 0.256 e. The van der Waals surface area contributed by atoms with Gasteiger partial charge in [0.05, 0.1) is 11.8 Å². The average Bonchev–Trinajstić information content (AvgIpc) is 2.26. The Hall–Kier alpha value is -1.16. The maximum Gasteiger partial charge on any atom is 0.256 e. The van der Waals surface area contributed by atoms with Crippen LogP contribution < -0.4 is 0 Å². The van der Waals surface area contributed by atoms with E-state index in [1.54, 1.807) is 11.9 Å². The standard InChI is InChI=1S/C12H14ClFN2O/c1-16(7-8-4-9(13)5-8)12(17)10-2-3-15-6-11(10)14/h2-3,6,8-9H,4-5,7H2,1H3. The molecule has 1 aliphatic rings. The van der Waals surface area contributed by atoms with E-state index in [4.69, 9.17) is 11.6 Å². The van der Waals surface area contributed by atoms with E-state index >= 15 is 0 Å². The molecular weight excluding hydrogens is 243 g/mol. The SMILES string of the molecule is CN(CC1CC(Cl)C1)C(=O)c1ccncc1F. The second-order valence-electron chi connectivity index (χ2n) is 4.48. The van der Waals surface area contributed by atoms with Crippen LogP contribution in [0.25, 0.3) is 0 Å². The molecule has 0 aromatic carbocycles. The van der Waals surface area contributed by atoms with Gasteiger partial charge in [0.1, 0.15) is 0 Å². The van der Waals surface area contributed by atoms with Crippen molar-refractivity contribution in [3.05, 3.63) is 29.8 Å². The number of halogens is 2. The summed E-state index contributed by atoms with van der Waals surface area (Å²) >= 11 is 5.88. The Kier molecular flexibility index (Phi) is 3.62. The van der Waals surface area contributed by atoms with Crippen molar-refractivity contribution in [2.75, 3.05) is 13.6 Å². The summed E-state index contributed by atoms with van der Waals surface area (Å²) in [5, 5.41) is 0.237. The topological polar surface area (TPSA) is 33.2 Å². The van der Waals surface area contributed by atoms with Gasteiger partial charge in [0.25, 0.3) is 5.91 Å². The van der Waals surface area contributed by atoms with Crippen LogP contribution in [0.2, 0.25) is 0 Å². The van der Waals surface area contributed by atoms with Crippen molar-refractivity contribution in [3.63, 3.8) is 0 Å². The number of rotatable bonds is 3. The van der Waals surface area contributed by atoms with Gasteiger partial charge in [0.15, 0.2) is 5.82 Å². The maximum absolute atomic E-state index is 13.4. The molecule has 0 N–H and O–H groups in total. The van der Waals surface area contributed by atoms with E-state index in [-0.39, 0.29) is 16.8 Å². The Morgan fingerprint density at radius 3 is 2.94 bits per heavy atom. The van der Waals surface area contributed by atoms with Crippen LogP contribution in [0.3, 0.4) is 0 Å². The Balaban J connectivity index is 1.97. The Bertz CT molecular complexity index is 421. The van der Waals surface area contributed by atoms with Crippen LogP contribution in [0.4, 0.5) is 4.39 Å². The fourth-order valence-electron chi connectivity index (χ4n) is 2.03. The van der Waals surface area contributed by atoms with Crippen molar-refractivity contribution in [1.29, 1.82) is 0 Å². The lowest BCUT2D eigenvalue weighted by Gasteiger charge is -2.34. The van der Waals surface area contributed by atoms with Crippen LogP contribution in [0.5, 0.6) is 0 Å². The molecule has 3 nitrogen and oxygen atoms in total. The number of hydrogen-bond donors (Lipinski definition) is 0. The van der Waals surface area contributed by atoms with Gasteiger partial charge in [-0.2, -0.15) is 0 Å². The molecule has 5 heteroatoms. The van der Waals surface area contributed by atoms with E-state index in [2.05, 4.69) is 4.98 Å². The predicted molar refractivity (Wildman–Crippen MR) is 63.5 cm³/mol. The fourth-order valence-corrected chi connectivity index (χ4v) is 2.53. The third-order valence-electron chi connectivity index (χ3n) is 3.06. The summed E-state index contributed by atoms with van der Waals surface area (Å²) in [4.78, 5) is 17.1. The molecule has 1 amide bonds. The number of pyridine rings is 1. The Labute approximate surface area is 105 Å². The minimum atomic E-state index is -0.576. The molecule has 17 heavy (non-hydrogen) atoms. The first-order chi connectivity index (χ1) is 8.08. The van der Waals surface area contributed by atoms with Gasteiger partial charge < -0.3 is 4.90 Å². The van der Waals surface area contributed by atoms with Gasteiger partial charge in [0, 0.05) is 25.2 Å². The molecular formula is C12H14ClFN2O. The van der Waals surface area contributed by atoms with Crippen molar-refractivity contribution in [2.45, 2.75) is 18.2 Å². The molecule has 1 aromatic heterocycles. The summed E-state index contributed by atoms with van der Waals surface area (Å²) in [6.45, 7) is 0.629. The van der Waals surface area contributed by atoms with Crippen LogP contribution in [0.1, 0.15) is 23.2 Å². The molecule has 0 spiro atoms. The molecule has 1 aromatic rings. The molecule has 1 aliphatic carbocycles. The predicted octanol–water partition coefficient (Wildman–Crippen LogP) is 2.31. The number of amides is 1. The minimum Gasteiger partial charge on any atom is -0.341 e. The lowest BCUT2D eigenvalue weighted by Crippen LogP contribution is -2.38.